The van der Waals surface area contributed by atoms with Gasteiger partial charge in [0.1, 0.15) is 0 Å². The van der Waals surface area contributed by atoms with Gasteiger partial charge in [-0.3, -0.25) is 0 Å². The van der Waals surface area contributed by atoms with Crippen LogP contribution in [0, 0.1) is 0 Å². The van der Waals surface area contributed by atoms with Crippen LogP contribution in [0.25, 0.3) is 0 Å². The molecule has 0 bridgehead atoms. The van der Waals surface area contributed by atoms with Gasteiger partial charge in [-0.05, 0) is 19.8 Å². The molecule has 0 amide bonds. The lowest BCUT2D eigenvalue weighted by molar-refractivity contribution is 0.529. The molecule has 0 saturated heterocycles. The van der Waals surface area contributed by atoms with Crippen LogP contribution in [-0.2, 0) is 16.6 Å². The van der Waals surface area contributed by atoms with Crippen LogP contribution in [0.5, 0.6) is 0 Å². The fraction of sp³-hybridized carbons (Fsp3) is 0.700. The molecular weight excluding hydrogens is 262 g/mol. The molecule has 17 heavy (non-hydrogen) atoms. The standard InChI is InChI=1S/C10H18ClN3O2S/c1-3-9(5-6-11)13-17(15,16)10-7-14(4-2)8-12-10/h7-9,13H,3-6H2,1-2H3. The van der Waals surface area contributed by atoms with Gasteiger partial charge in [-0.15, -0.1) is 11.6 Å². The number of nitrogens with one attached hydrogen (secondary N) is 1. The van der Waals surface area contributed by atoms with Gasteiger partial charge in [-0.1, -0.05) is 6.92 Å². The van der Waals surface area contributed by atoms with E-state index in [-0.39, 0.29) is 11.1 Å². The number of hydrogen-bond donors (Lipinski definition) is 1. The molecule has 5 nitrogen and oxygen atoms in total. The first-order valence-corrected chi connectivity index (χ1v) is 7.65. The number of imidazole rings is 1. The molecule has 0 fully saturated rings. The zero-order chi connectivity index (χ0) is 12.9. The second-order valence-corrected chi connectivity index (χ2v) is 5.79. The molecule has 1 atom stereocenters. The van der Waals surface area contributed by atoms with Gasteiger partial charge in [0.2, 0.25) is 0 Å². The summed E-state index contributed by atoms with van der Waals surface area (Å²) in [6.07, 6.45) is 4.36. The van der Waals surface area contributed by atoms with Crippen molar-refractivity contribution in [2.75, 3.05) is 5.88 Å². The summed E-state index contributed by atoms with van der Waals surface area (Å²) in [5, 5.41) is 0.0624. The summed E-state index contributed by atoms with van der Waals surface area (Å²) in [6.45, 7) is 4.54. The Labute approximate surface area is 107 Å². The molecule has 0 aromatic carbocycles. The molecular formula is C10H18ClN3O2S. The molecule has 1 aromatic rings. The van der Waals surface area contributed by atoms with Crippen molar-refractivity contribution < 1.29 is 8.42 Å². The molecule has 0 aliphatic carbocycles. The van der Waals surface area contributed by atoms with Gasteiger partial charge in [0.25, 0.3) is 10.0 Å². The molecule has 1 rings (SSSR count). The van der Waals surface area contributed by atoms with Crippen molar-refractivity contribution in [2.24, 2.45) is 0 Å². The molecule has 0 radical (unpaired) electrons. The Balaban J connectivity index is 2.80. The summed E-state index contributed by atoms with van der Waals surface area (Å²) in [5.41, 5.74) is 0. The molecule has 0 aliphatic heterocycles. The van der Waals surface area contributed by atoms with E-state index in [4.69, 9.17) is 11.6 Å². The van der Waals surface area contributed by atoms with Crippen molar-refractivity contribution in [3.8, 4) is 0 Å². The average molecular weight is 280 g/mol. The van der Waals surface area contributed by atoms with Crippen molar-refractivity contribution in [2.45, 2.75) is 44.3 Å². The quantitative estimate of drug-likeness (QED) is 0.771. The Hall–Kier alpha value is -0.590. The van der Waals surface area contributed by atoms with Crippen LogP contribution in [0.3, 0.4) is 0 Å². The number of rotatable bonds is 7. The Kier molecular flexibility index (Phi) is 5.42. The molecule has 7 heteroatoms. The fourth-order valence-corrected chi connectivity index (χ4v) is 2.98. The predicted octanol–water partition coefficient (Wildman–Crippen LogP) is 1.59. The van der Waals surface area contributed by atoms with Gasteiger partial charge in [0.15, 0.2) is 5.03 Å². The van der Waals surface area contributed by atoms with Gasteiger partial charge < -0.3 is 4.57 Å². The average Bonchev–Trinajstić information content (AvgIpc) is 2.77. The largest absolute Gasteiger partial charge is 0.336 e. The summed E-state index contributed by atoms with van der Waals surface area (Å²) < 4.78 is 28.3. The van der Waals surface area contributed by atoms with Crippen LogP contribution < -0.4 is 4.72 Å². The van der Waals surface area contributed by atoms with E-state index in [1.165, 1.54) is 12.5 Å². The van der Waals surface area contributed by atoms with Gasteiger partial charge >= 0.3 is 0 Å². The summed E-state index contributed by atoms with van der Waals surface area (Å²) >= 11 is 5.62. The number of nitrogens with zero attached hydrogens (tertiary/aromatic N) is 2. The number of hydrogen-bond acceptors (Lipinski definition) is 3. The number of sulfonamides is 1. The fourth-order valence-electron chi connectivity index (χ4n) is 1.41. The molecule has 1 N–H and O–H groups in total. The van der Waals surface area contributed by atoms with Gasteiger partial charge in [-0.2, -0.15) is 0 Å². The Bertz CT molecular complexity index is 444. The summed E-state index contributed by atoms with van der Waals surface area (Å²) in [4.78, 5) is 3.89. The van der Waals surface area contributed by atoms with E-state index < -0.39 is 10.0 Å². The molecule has 98 valence electrons. The van der Waals surface area contributed by atoms with Crippen molar-refractivity contribution in [3.05, 3.63) is 12.5 Å². The lowest BCUT2D eigenvalue weighted by atomic mass is 10.2. The number of aromatic nitrogens is 2. The van der Waals surface area contributed by atoms with Crippen molar-refractivity contribution in [3.63, 3.8) is 0 Å². The maximum absolute atomic E-state index is 12.0. The van der Waals surface area contributed by atoms with E-state index in [1.807, 2.05) is 13.8 Å². The smallest absolute Gasteiger partial charge is 0.259 e. The Morgan fingerprint density at radius 2 is 2.24 bits per heavy atom. The van der Waals surface area contributed by atoms with E-state index >= 15 is 0 Å². The summed E-state index contributed by atoms with van der Waals surface area (Å²) in [6, 6.07) is -0.135. The third kappa shape index (κ3) is 3.97. The first-order chi connectivity index (χ1) is 8.03. The van der Waals surface area contributed by atoms with Crippen LogP contribution >= 0.6 is 11.6 Å². The molecule has 0 aliphatic rings. The first-order valence-electron chi connectivity index (χ1n) is 5.63. The summed E-state index contributed by atoms with van der Waals surface area (Å²) in [5.74, 6) is 0.435. The second kappa shape index (κ2) is 6.37. The maximum Gasteiger partial charge on any atom is 0.259 e. The zero-order valence-electron chi connectivity index (χ0n) is 10.1. The van der Waals surface area contributed by atoms with E-state index in [1.54, 1.807) is 4.57 Å². The van der Waals surface area contributed by atoms with Crippen molar-refractivity contribution in [1.29, 1.82) is 0 Å². The van der Waals surface area contributed by atoms with Crippen LogP contribution in [0.1, 0.15) is 26.7 Å². The topological polar surface area (TPSA) is 64.0 Å². The second-order valence-electron chi connectivity index (χ2n) is 3.75. The molecule has 1 heterocycles. The third-order valence-corrected chi connectivity index (χ3v) is 4.15. The van der Waals surface area contributed by atoms with Crippen LogP contribution in [0.15, 0.2) is 17.6 Å². The Morgan fingerprint density at radius 1 is 1.53 bits per heavy atom. The van der Waals surface area contributed by atoms with Crippen LogP contribution in [0.4, 0.5) is 0 Å². The predicted molar refractivity (Wildman–Crippen MR) is 67.6 cm³/mol. The Morgan fingerprint density at radius 3 is 2.71 bits per heavy atom. The summed E-state index contributed by atoms with van der Waals surface area (Å²) in [7, 11) is -3.52. The maximum atomic E-state index is 12.0. The van der Waals surface area contributed by atoms with Gasteiger partial charge in [0.05, 0.1) is 6.33 Å². The minimum Gasteiger partial charge on any atom is -0.336 e. The minimum atomic E-state index is -3.52. The number of halogens is 1. The lowest BCUT2D eigenvalue weighted by Gasteiger charge is -2.14. The zero-order valence-corrected chi connectivity index (χ0v) is 11.6. The van der Waals surface area contributed by atoms with E-state index in [2.05, 4.69) is 9.71 Å². The van der Waals surface area contributed by atoms with Crippen molar-refractivity contribution >= 4 is 21.6 Å². The van der Waals surface area contributed by atoms with Crippen molar-refractivity contribution in [1.82, 2.24) is 14.3 Å². The number of aryl methyl sites for hydroxylation is 1. The highest BCUT2D eigenvalue weighted by Gasteiger charge is 2.20. The highest BCUT2D eigenvalue weighted by molar-refractivity contribution is 7.89. The van der Waals surface area contributed by atoms with Gasteiger partial charge in [0, 0.05) is 24.7 Å². The normalized spacial score (nSPS) is 13.8. The van der Waals surface area contributed by atoms with Crippen LogP contribution in [0.2, 0.25) is 0 Å². The SMILES string of the molecule is CCC(CCCl)NS(=O)(=O)c1cn(CC)cn1. The highest BCUT2D eigenvalue weighted by atomic mass is 35.5. The molecule has 1 aromatic heterocycles. The number of alkyl halides is 1. The first kappa shape index (κ1) is 14.5. The minimum absolute atomic E-state index is 0.0624. The molecule has 0 saturated carbocycles. The van der Waals surface area contributed by atoms with E-state index in [0.29, 0.717) is 25.3 Å². The third-order valence-electron chi connectivity index (χ3n) is 2.52. The van der Waals surface area contributed by atoms with E-state index in [9.17, 15) is 8.42 Å². The van der Waals surface area contributed by atoms with E-state index in [0.717, 1.165) is 0 Å². The molecule has 1 unspecified atom stereocenters. The van der Waals surface area contributed by atoms with Crippen LogP contribution in [-0.4, -0.2) is 29.9 Å². The lowest BCUT2D eigenvalue weighted by Crippen LogP contribution is -2.34. The highest BCUT2D eigenvalue weighted by Crippen LogP contribution is 2.09. The molecule has 0 spiro atoms. The monoisotopic (exact) mass is 279 g/mol. The van der Waals surface area contributed by atoms with Gasteiger partial charge in [-0.25, -0.2) is 18.1 Å².